The first-order chi connectivity index (χ1) is 17.7. The van der Waals surface area contributed by atoms with Crippen LogP contribution in [0.3, 0.4) is 0 Å². The van der Waals surface area contributed by atoms with Crippen LogP contribution in [0.2, 0.25) is 0 Å². The maximum atomic E-state index is 15.0. The van der Waals surface area contributed by atoms with Gasteiger partial charge in [0.1, 0.15) is 11.3 Å². The van der Waals surface area contributed by atoms with Crippen LogP contribution in [0, 0.1) is 17.6 Å². The summed E-state index contributed by atoms with van der Waals surface area (Å²) in [4.78, 5) is 39.9. The standard InChI is InChI=1S/C24H29F2N9O2/c1-32(2)16-5-8-34(13-16)24(37)14-3-6-33(7-4-14)20-17(26)10-28-11-18(20)30-23(36)19-21(27)31-35-12-15(25)9-29-22(19)35/h9-12,14,16H,3-8,13H2,1-2H3,(H2,27,31)(H,30,36)/t16-/m1/s1. The maximum Gasteiger partial charge on any atom is 0.263 e. The number of anilines is 3. The van der Waals surface area contributed by atoms with Gasteiger partial charge in [0.2, 0.25) is 5.91 Å². The molecule has 0 aliphatic carbocycles. The smallest absolute Gasteiger partial charge is 0.263 e. The summed E-state index contributed by atoms with van der Waals surface area (Å²) in [6.07, 6.45) is 6.57. The first-order valence-corrected chi connectivity index (χ1v) is 12.2. The number of carbonyl (C=O) groups excluding carboxylic acids is 2. The van der Waals surface area contributed by atoms with Crippen LogP contribution in [0.4, 0.5) is 26.0 Å². The molecule has 2 fully saturated rings. The third kappa shape index (κ3) is 4.78. The molecule has 3 aromatic heterocycles. The monoisotopic (exact) mass is 513 g/mol. The molecule has 5 heterocycles. The number of likely N-dealkylation sites (tertiary alicyclic amines) is 1. The maximum absolute atomic E-state index is 15.0. The molecule has 11 nitrogen and oxygen atoms in total. The van der Waals surface area contributed by atoms with E-state index >= 15 is 0 Å². The molecule has 5 rings (SSSR count). The number of piperidine rings is 1. The number of carbonyl (C=O) groups is 2. The van der Waals surface area contributed by atoms with Crippen LogP contribution in [0.25, 0.3) is 5.65 Å². The fourth-order valence-corrected chi connectivity index (χ4v) is 5.14. The molecule has 2 amide bonds. The molecule has 37 heavy (non-hydrogen) atoms. The Balaban J connectivity index is 1.30. The number of pyridine rings is 1. The number of likely N-dealkylation sites (N-methyl/N-ethyl adjacent to an activating group) is 1. The molecule has 13 heteroatoms. The second kappa shape index (κ2) is 9.88. The molecule has 0 spiro atoms. The lowest BCUT2D eigenvalue weighted by molar-refractivity contribution is -0.135. The van der Waals surface area contributed by atoms with Gasteiger partial charge in [-0.05, 0) is 33.4 Å². The van der Waals surface area contributed by atoms with Gasteiger partial charge in [0.05, 0.1) is 30.5 Å². The quantitative estimate of drug-likeness (QED) is 0.527. The Bertz CT molecular complexity index is 1340. The average Bonchev–Trinajstić information content (AvgIpc) is 3.48. The van der Waals surface area contributed by atoms with Crippen LogP contribution < -0.4 is 16.0 Å². The number of halogens is 2. The predicted molar refractivity (Wildman–Crippen MR) is 133 cm³/mol. The molecule has 1 atom stereocenters. The largest absolute Gasteiger partial charge is 0.381 e. The second-order valence-corrected chi connectivity index (χ2v) is 9.72. The molecule has 2 saturated heterocycles. The number of amides is 2. The summed E-state index contributed by atoms with van der Waals surface area (Å²) in [6.45, 7) is 2.39. The van der Waals surface area contributed by atoms with Crippen LogP contribution in [-0.2, 0) is 4.79 Å². The van der Waals surface area contributed by atoms with E-state index < -0.39 is 17.5 Å². The number of hydrogen-bond donors (Lipinski definition) is 2. The Labute approximate surface area is 212 Å². The van der Waals surface area contributed by atoms with Crippen molar-refractivity contribution in [2.75, 3.05) is 56.2 Å². The summed E-state index contributed by atoms with van der Waals surface area (Å²) in [5.74, 6) is -2.01. The van der Waals surface area contributed by atoms with Crippen molar-refractivity contribution in [1.82, 2.24) is 29.4 Å². The number of rotatable bonds is 5. The highest BCUT2D eigenvalue weighted by Crippen LogP contribution is 2.33. The third-order valence-corrected chi connectivity index (χ3v) is 7.18. The molecule has 0 aromatic carbocycles. The van der Waals surface area contributed by atoms with E-state index in [1.807, 2.05) is 23.9 Å². The molecular weight excluding hydrogens is 484 g/mol. The molecular formula is C24H29F2N9O2. The lowest BCUT2D eigenvalue weighted by Gasteiger charge is -2.35. The van der Waals surface area contributed by atoms with Gasteiger partial charge in [0.25, 0.3) is 5.91 Å². The van der Waals surface area contributed by atoms with Gasteiger partial charge in [-0.2, -0.15) is 0 Å². The number of nitrogens with zero attached hydrogens (tertiary/aromatic N) is 7. The highest BCUT2D eigenvalue weighted by atomic mass is 19.1. The number of fused-ring (bicyclic) bond motifs is 1. The zero-order chi connectivity index (χ0) is 26.3. The minimum absolute atomic E-state index is 0.0545. The Morgan fingerprint density at radius 3 is 2.57 bits per heavy atom. The number of nitrogens with one attached hydrogen (secondary N) is 1. The number of nitrogen functional groups attached to an aromatic ring is 1. The van der Waals surface area contributed by atoms with E-state index in [2.05, 4.69) is 25.3 Å². The molecule has 0 unspecified atom stereocenters. The number of hydrogen-bond acceptors (Lipinski definition) is 8. The lowest BCUT2D eigenvalue weighted by Crippen LogP contribution is -2.43. The number of aromatic nitrogens is 4. The van der Waals surface area contributed by atoms with E-state index in [1.165, 1.54) is 6.20 Å². The van der Waals surface area contributed by atoms with Crippen molar-refractivity contribution < 1.29 is 18.4 Å². The van der Waals surface area contributed by atoms with Gasteiger partial charge in [-0.15, -0.1) is 5.10 Å². The van der Waals surface area contributed by atoms with E-state index in [9.17, 15) is 18.4 Å². The van der Waals surface area contributed by atoms with E-state index in [0.717, 1.165) is 42.6 Å². The summed E-state index contributed by atoms with van der Waals surface area (Å²) in [5, 5.41) is 6.59. The molecule has 2 aliphatic rings. The molecule has 0 saturated carbocycles. The third-order valence-electron chi connectivity index (χ3n) is 7.18. The highest BCUT2D eigenvalue weighted by molar-refractivity contribution is 6.12. The molecule has 2 aliphatic heterocycles. The molecule has 3 aromatic rings. The van der Waals surface area contributed by atoms with E-state index in [-0.39, 0.29) is 40.2 Å². The summed E-state index contributed by atoms with van der Waals surface area (Å²) in [7, 11) is 4.05. The van der Waals surface area contributed by atoms with Crippen LogP contribution in [0.15, 0.2) is 24.8 Å². The van der Waals surface area contributed by atoms with Crippen molar-refractivity contribution in [3.8, 4) is 0 Å². The van der Waals surface area contributed by atoms with Crippen LogP contribution in [-0.4, -0.2) is 87.5 Å². The lowest BCUT2D eigenvalue weighted by atomic mass is 9.95. The van der Waals surface area contributed by atoms with E-state index in [1.54, 1.807) is 0 Å². The van der Waals surface area contributed by atoms with Gasteiger partial charge in [-0.1, -0.05) is 0 Å². The molecule has 196 valence electrons. The van der Waals surface area contributed by atoms with Gasteiger partial charge >= 0.3 is 0 Å². The SMILES string of the molecule is CN(C)[C@@H]1CCN(C(=O)C2CCN(c3c(F)cncc3NC(=O)c3c(N)nn4cc(F)cnc34)CC2)C1. The van der Waals surface area contributed by atoms with Gasteiger partial charge < -0.3 is 25.8 Å². The number of nitrogens with two attached hydrogens (primary N) is 1. The van der Waals surface area contributed by atoms with Gasteiger partial charge in [0, 0.05) is 38.1 Å². The van der Waals surface area contributed by atoms with Crippen LogP contribution in [0.5, 0.6) is 0 Å². The summed E-state index contributed by atoms with van der Waals surface area (Å²) in [6, 6.07) is 0.373. The predicted octanol–water partition coefficient (Wildman–Crippen LogP) is 1.62. The van der Waals surface area contributed by atoms with Crippen molar-refractivity contribution >= 4 is 34.7 Å². The first kappa shape index (κ1) is 24.8. The van der Waals surface area contributed by atoms with Crippen molar-refractivity contribution in [2.24, 2.45) is 5.92 Å². The second-order valence-electron chi connectivity index (χ2n) is 9.72. The van der Waals surface area contributed by atoms with Crippen LogP contribution in [0.1, 0.15) is 29.6 Å². The first-order valence-electron chi connectivity index (χ1n) is 12.2. The van der Waals surface area contributed by atoms with E-state index in [4.69, 9.17) is 5.73 Å². The van der Waals surface area contributed by atoms with Crippen molar-refractivity contribution in [1.29, 1.82) is 0 Å². The summed E-state index contributed by atoms with van der Waals surface area (Å²) in [5.41, 5.74) is 6.26. The molecule has 3 N–H and O–H groups in total. The van der Waals surface area contributed by atoms with Gasteiger partial charge in [0.15, 0.2) is 23.1 Å². The van der Waals surface area contributed by atoms with Crippen molar-refractivity contribution in [2.45, 2.75) is 25.3 Å². The van der Waals surface area contributed by atoms with E-state index in [0.29, 0.717) is 32.0 Å². The minimum atomic E-state index is -0.671. The Morgan fingerprint density at radius 2 is 1.86 bits per heavy atom. The van der Waals surface area contributed by atoms with Gasteiger partial charge in [-0.25, -0.2) is 18.3 Å². The van der Waals surface area contributed by atoms with Crippen LogP contribution >= 0.6 is 0 Å². The zero-order valence-corrected chi connectivity index (χ0v) is 20.7. The fourth-order valence-electron chi connectivity index (χ4n) is 5.14. The zero-order valence-electron chi connectivity index (χ0n) is 20.7. The minimum Gasteiger partial charge on any atom is -0.381 e. The van der Waals surface area contributed by atoms with Gasteiger partial charge in [-0.3, -0.25) is 14.6 Å². The topological polar surface area (TPSA) is 125 Å². The Hall–Kier alpha value is -3.87. The Kier molecular flexibility index (Phi) is 6.63. The normalized spacial score (nSPS) is 18.7. The molecule has 0 bridgehead atoms. The Morgan fingerprint density at radius 1 is 1.11 bits per heavy atom. The average molecular weight is 514 g/mol. The van der Waals surface area contributed by atoms with Crippen molar-refractivity contribution in [3.63, 3.8) is 0 Å². The van der Waals surface area contributed by atoms with Crippen molar-refractivity contribution in [3.05, 3.63) is 42.0 Å². The summed E-state index contributed by atoms with van der Waals surface area (Å²) >= 11 is 0. The summed E-state index contributed by atoms with van der Waals surface area (Å²) < 4.78 is 29.6. The molecule has 0 radical (unpaired) electrons. The highest BCUT2D eigenvalue weighted by Gasteiger charge is 2.34. The fraction of sp³-hybridized carbons (Fsp3) is 0.458.